The number of nitrogens with zero attached hydrogens (tertiary/aromatic N) is 1. The predicted octanol–water partition coefficient (Wildman–Crippen LogP) is 3.98. The van der Waals surface area contributed by atoms with Crippen LogP contribution in [0.1, 0.15) is 51.6 Å². The third-order valence-corrected chi connectivity index (χ3v) is 4.00. The first kappa shape index (κ1) is 14.4. The molecule has 0 saturated heterocycles. The van der Waals surface area contributed by atoms with E-state index in [1.54, 1.807) is 0 Å². The maximum absolute atomic E-state index is 3.64. The van der Waals surface area contributed by atoms with Gasteiger partial charge in [-0.3, -0.25) is 0 Å². The van der Waals surface area contributed by atoms with Crippen molar-refractivity contribution in [1.29, 1.82) is 0 Å². The highest BCUT2D eigenvalue weighted by Crippen LogP contribution is 2.32. The van der Waals surface area contributed by atoms with Crippen molar-refractivity contribution < 1.29 is 0 Å². The Morgan fingerprint density at radius 3 is 2.84 bits per heavy atom. The summed E-state index contributed by atoms with van der Waals surface area (Å²) in [6.45, 7) is 10.3. The van der Waals surface area contributed by atoms with E-state index < -0.39 is 0 Å². The van der Waals surface area contributed by atoms with Gasteiger partial charge >= 0.3 is 0 Å². The van der Waals surface area contributed by atoms with Gasteiger partial charge in [-0.15, -0.1) is 0 Å². The topological polar surface area (TPSA) is 15.3 Å². The van der Waals surface area contributed by atoms with Gasteiger partial charge in [0.25, 0.3) is 0 Å². The number of anilines is 1. The van der Waals surface area contributed by atoms with Crippen LogP contribution < -0.4 is 10.2 Å². The SMILES string of the molecule is CCNC1CCCN(CCC(C)C)c2ccccc21. The van der Waals surface area contributed by atoms with Crippen molar-refractivity contribution in [3.63, 3.8) is 0 Å². The summed E-state index contributed by atoms with van der Waals surface area (Å²) in [5.74, 6) is 0.778. The highest BCUT2D eigenvalue weighted by atomic mass is 15.1. The highest BCUT2D eigenvalue weighted by molar-refractivity contribution is 5.55. The smallest absolute Gasteiger partial charge is 0.0414 e. The number of benzene rings is 1. The largest absolute Gasteiger partial charge is 0.371 e. The molecule has 0 fully saturated rings. The summed E-state index contributed by atoms with van der Waals surface area (Å²) in [6, 6.07) is 9.48. The monoisotopic (exact) mass is 260 g/mol. The predicted molar refractivity (Wildman–Crippen MR) is 83.8 cm³/mol. The van der Waals surface area contributed by atoms with E-state index in [1.165, 1.54) is 43.6 Å². The van der Waals surface area contributed by atoms with E-state index in [1.807, 2.05) is 0 Å². The normalized spacial score (nSPS) is 19.4. The first-order valence-electron chi connectivity index (χ1n) is 7.79. The van der Waals surface area contributed by atoms with Crippen molar-refractivity contribution in [3.8, 4) is 0 Å². The van der Waals surface area contributed by atoms with Crippen LogP contribution >= 0.6 is 0 Å². The highest BCUT2D eigenvalue weighted by Gasteiger charge is 2.21. The molecule has 0 aromatic heterocycles. The Kier molecular flexibility index (Phi) is 5.26. The molecule has 0 saturated carbocycles. The Hall–Kier alpha value is -1.02. The van der Waals surface area contributed by atoms with Crippen molar-refractivity contribution in [2.75, 3.05) is 24.5 Å². The molecular formula is C17H28N2. The first-order valence-corrected chi connectivity index (χ1v) is 7.79. The van der Waals surface area contributed by atoms with Crippen molar-refractivity contribution in [1.82, 2.24) is 5.32 Å². The van der Waals surface area contributed by atoms with Crippen molar-refractivity contribution in [3.05, 3.63) is 29.8 Å². The summed E-state index contributed by atoms with van der Waals surface area (Å²) in [7, 11) is 0. The summed E-state index contributed by atoms with van der Waals surface area (Å²) in [4.78, 5) is 2.59. The van der Waals surface area contributed by atoms with Crippen LogP contribution in [0.5, 0.6) is 0 Å². The lowest BCUT2D eigenvalue weighted by Crippen LogP contribution is -2.26. The summed E-state index contributed by atoms with van der Waals surface area (Å²) in [6.07, 6.45) is 3.81. The van der Waals surface area contributed by atoms with Gasteiger partial charge in [0, 0.05) is 24.8 Å². The molecule has 2 rings (SSSR count). The van der Waals surface area contributed by atoms with E-state index in [2.05, 4.69) is 55.3 Å². The fraction of sp³-hybridized carbons (Fsp3) is 0.647. The molecule has 2 nitrogen and oxygen atoms in total. The molecule has 1 aromatic carbocycles. The molecule has 2 heteroatoms. The second-order valence-electron chi connectivity index (χ2n) is 5.98. The lowest BCUT2D eigenvalue weighted by molar-refractivity contribution is 0.508. The fourth-order valence-electron chi connectivity index (χ4n) is 2.94. The molecule has 106 valence electrons. The van der Waals surface area contributed by atoms with Gasteiger partial charge in [-0.05, 0) is 43.4 Å². The van der Waals surface area contributed by atoms with Gasteiger partial charge in [0.1, 0.15) is 0 Å². The Balaban J connectivity index is 2.20. The second kappa shape index (κ2) is 6.95. The second-order valence-corrected chi connectivity index (χ2v) is 5.98. The van der Waals surface area contributed by atoms with E-state index in [0.29, 0.717) is 6.04 Å². The van der Waals surface area contributed by atoms with Gasteiger partial charge in [0.15, 0.2) is 0 Å². The van der Waals surface area contributed by atoms with Gasteiger partial charge in [-0.1, -0.05) is 39.0 Å². The van der Waals surface area contributed by atoms with Crippen LogP contribution in [0.2, 0.25) is 0 Å². The standard InChI is InChI=1S/C17H28N2/c1-4-18-16-9-7-12-19(13-11-14(2)3)17-10-6-5-8-15(16)17/h5-6,8,10,14,16,18H,4,7,9,11-13H2,1-3H3. The molecule has 1 aromatic rings. The maximum atomic E-state index is 3.64. The Morgan fingerprint density at radius 2 is 2.11 bits per heavy atom. The molecule has 1 heterocycles. The van der Waals surface area contributed by atoms with Crippen molar-refractivity contribution in [2.45, 2.75) is 46.1 Å². The van der Waals surface area contributed by atoms with E-state index in [0.717, 1.165) is 12.5 Å². The fourth-order valence-corrected chi connectivity index (χ4v) is 2.94. The quantitative estimate of drug-likeness (QED) is 0.861. The van der Waals surface area contributed by atoms with Crippen molar-refractivity contribution >= 4 is 5.69 Å². The molecule has 0 aliphatic carbocycles. The number of fused-ring (bicyclic) bond motifs is 1. The molecule has 0 radical (unpaired) electrons. The van der Waals surface area contributed by atoms with Crippen LogP contribution in [0.3, 0.4) is 0 Å². The van der Waals surface area contributed by atoms with Gasteiger partial charge in [0.05, 0.1) is 0 Å². The summed E-state index contributed by atoms with van der Waals surface area (Å²) < 4.78 is 0. The summed E-state index contributed by atoms with van der Waals surface area (Å²) >= 11 is 0. The molecule has 1 atom stereocenters. The average molecular weight is 260 g/mol. The van der Waals surface area contributed by atoms with Gasteiger partial charge in [-0.25, -0.2) is 0 Å². The van der Waals surface area contributed by atoms with Crippen LogP contribution in [-0.4, -0.2) is 19.6 Å². The molecule has 1 unspecified atom stereocenters. The van der Waals surface area contributed by atoms with Crippen LogP contribution in [0.25, 0.3) is 0 Å². The Morgan fingerprint density at radius 1 is 1.32 bits per heavy atom. The third-order valence-electron chi connectivity index (χ3n) is 4.00. The minimum Gasteiger partial charge on any atom is -0.371 e. The first-order chi connectivity index (χ1) is 9.22. The molecule has 1 N–H and O–H groups in total. The minimum atomic E-state index is 0.533. The van der Waals surface area contributed by atoms with E-state index in [-0.39, 0.29) is 0 Å². The Bertz CT molecular complexity index is 387. The van der Waals surface area contributed by atoms with Crippen molar-refractivity contribution in [2.24, 2.45) is 5.92 Å². The Labute approximate surface area is 118 Å². The third kappa shape index (κ3) is 3.73. The number of nitrogens with one attached hydrogen (secondary N) is 1. The van der Waals surface area contributed by atoms with E-state index in [4.69, 9.17) is 0 Å². The lowest BCUT2D eigenvalue weighted by Gasteiger charge is -2.26. The van der Waals surface area contributed by atoms with Crippen LogP contribution in [0.15, 0.2) is 24.3 Å². The van der Waals surface area contributed by atoms with Gasteiger partial charge in [-0.2, -0.15) is 0 Å². The summed E-state index contributed by atoms with van der Waals surface area (Å²) in [5, 5.41) is 3.64. The number of hydrogen-bond donors (Lipinski definition) is 1. The van der Waals surface area contributed by atoms with Gasteiger partial charge in [0.2, 0.25) is 0 Å². The number of hydrogen-bond acceptors (Lipinski definition) is 2. The van der Waals surface area contributed by atoms with Crippen LogP contribution in [0.4, 0.5) is 5.69 Å². The van der Waals surface area contributed by atoms with E-state index in [9.17, 15) is 0 Å². The zero-order valence-corrected chi connectivity index (χ0v) is 12.7. The summed E-state index contributed by atoms with van der Waals surface area (Å²) in [5.41, 5.74) is 2.94. The molecular weight excluding hydrogens is 232 g/mol. The van der Waals surface area contributed by atoms with Gasteiger partial charge < -0.3 is 10.2 Å². The molecule has 19 heavy (non-hydrogen) atoms. The van der Waals surface area contributed by atoms with Crippen LogP contribution in [-0.2, 0) is 0 Å². The molecule has 1 aliphatic rings. The molecule has 0 amide bonds. The average Bonchev–Trinajstić information content (AvgIpc) is 2.57. The molecule has 1 aliphatic heterocycles. The minimum absolute atomic E-state index is 0.533. The number of para-hydroxylation sites is 1. The van der Waals surface area contributed by atoms with Crippen LogP contribution in [0, 0.1) is 5.92 Å². The molecule has 0 bridgehead atoms. The van der Waals surface area contributed by atoms with E-state index >= 15 is 0 Å². The zero-order chi connectivity index (χ0) is 13.7. The maximum Gasteiger partial charge on any atom is 0.0414 e. The number of rotatable bonds is 5. The lowest BCUT2D eigenvalue weighted by atomic mass is 10.0. The zero-order valence-electron chi connectivity index (χ0n) is 12.7. The molecule has 0 spiro atoms.